The Balaban J connectivity index is 1.87. The minimum atomic E-state index is 0.772. The third kappa shape index (κ3) is 2.96. The van der Waals surface area contributed by atoms with Crippen LogP contribution in [0.5, 0.6) is 0 Å². The summed E-state index contributed by atoms with van der Waals surface area (Å²) in [7, 11) is 0. The average molecular weight is 343 g/mol. The molecule has 1 saturated heterocycles. The minimum Gasteiger partial charge on any atom is -0.371 e. The lowest BCUT2D eigenvalue weighted by Crippen LogP contribution is -2.32. The molecule has 0 saturated carbocycles. The van der Waals surface area contributed by atoms with E-state index in [0.717, 1.165) is 40.6 Å². The van der Waals surface area contributed by atoms with Crippen molar-refractivity contribution in [3.05, 3.63) is 46.1 Å². The van der Waals surface area contributed by atoms with Crippen molar-refractivity contribution in [3.63, 3.8) is 0 Å². The summed E-state index contributed by atoms with van der Waals surface area (Å²) in [5, 5.41) is 6.19. The summed E-state index contributed by atoms with van der Waals surface area (Å²) in [6, 6.07) is 10.4. The number of benzene rings is 1. The first-order valence-corrected chi connectivity index (χ1v) is 9.40. The first-order valence-electron chi connectivity index (χ1n) is 8.08. The van der Waals surface area contributed by atoms with Gasteiger partial charge >= 0.3 is 0 Å². The van der Waals surface area contributed by atoms with Crippen LogP contribution in [0.1, 0.15) is 19.8 Å². The zero-order valence-corrected chi connectivity index (χ0v) is 14.7. The van der Waals surface area contributed by atoms with E-state index in [1.54, 1.807) is 11.3 Å². The number of anilines is 1. The van der Waals surface area contributed by atoms with Crippen molar-refractivity contribution in [1.29, 1.82) is 0 Å². The van der Waals surface area contributed by atoms with Gasteiger partial charge < -0.3 is 4.90 Å². The monoisotopic (exact) mass is 342 g/mol. The van der Waals surface area contributed by atoms with Crippen LogP contribution < -0.4 is 4.90 Å². The molecule has 0 atom stereocenters. The normalized spacial score (nSPS) is 16.2. The number of hydrogen-bond donors (Lipinski definition) is 0. The Morgan fingerprint density at radius 2 is 2.00 bits per heavy atom. The molecule has 0 amide bonds. The highest BCUT2D eigenvalue weighted by atomic mass is 35.5. The lowest BCUT2D eigenvalue weighted by atomic mass is 9.98. The summed E-state index contributed by atoms with van der Waals surface area (Å²) >= 11 is 7.96. The van der Waals surface area contributed by atoms with Gasteiger partial charge in [0.05, 0.1) is 11.2 Å². The molecule has 0 radical (unpaired) electrons. The zero-order valence-electron chi connectivity index (χ0n) is 13.1. The smallest absolute Gasteiger partial charge is 0.0738 e. The maximum Gasteiger partial charge on any atom is 0.0738 e. The Morgan fingerprint density at radius 1 is 1.17 bits per heavy atom. The van der Waals surface area contributed by atoms with Gasteiger partial charge in [-0.25, -0.2) is 4.98 Å². The van der Waals surface area contributed by atoms with Crippen molar-refractivity contribution < 1.29 is 0 Å². The van der Waals surface area contributed by atoms with Crippen LogP contribution in [-0.4, -0.2) is 18.1 Å². The standard InChI is InChI=1S/C19H19ClN2S/c1-13-4-7-22(8-5-13)19-11-18(14-6-9-23-12-14)21-17-3-2-15(20)10-16(17)19/h2-3,6,9-13H,4-5,7-8H2,1H3. The average Bonchev–Trinajstić information content (AvgIpc) is 3.09. The molecule has 4 rings (SSSR count). The Kier molecular flexibility index (Phi) is 4.00. The van der Waals surface area contributed by atoms with Crippen molar-refractivity contribution >= 4 is 39.5 Å². The van der Waals surface area contributed by atoms with E-state index in [9.17, 15) is 0 Å². The molecule has 1 fully saturated rings. The van der Waals surface area contributed by atoms with Crippen molar-refractivity contribution in [2.45, 2.75) is 19.8 Å². The van der Waals surface area contributed by atoms with Gasteiger partial charge in [0.2, 0.25) is 0 Å². The van der Waals surface area contributed by atoms with Gasteiger partial charge in [0.1, 0.15) is 0 Å². The second kappa shape index (κ2) is 6.14. The van der Waals surface area contributed by atoms with Gasteiger partial charge in [0, 0.05) is 40.1 Å². The Labute approximate surface area is 145 Å². The molecule has 0 aliphatic carbocycles. The molecule has 2 aromatic heterocycles. The maximum absolute atomic E-state index is 6.25. The molecule has 3 aromatic rings. The highest BCUT2D eigenvalue weighted by Crippen LogP contribution is 2.35. The SMILES string of the molecule is CC1CCN(c2cc(-c3ccsc3)nc3ccc(Cl)cc23)CC1. The second-order valence-corrected chi connectivity index (χ2v) is 7.59. The highest BCUT2D eigenvalue weighted by molar-refractivity contribution is 7.08. The quantitative estimate of drug-likeness (QED) is 0.580. The number of nitrogens with zero attached hydrogens (tertiary/aromatic N) is 2. The fraction of sp³-hybridized carbons (Fsp3) is 0.316. The molecule has 3 heterocycles. The predicted octanol–water partition coefficient (Wildman–Crippen LogP) is 5.85. The van der Waals surface area contributed by atoms with E-state index >= 15 is 0 Å². The van der Waals surface area contributed by atoms with Crippen molar-refractivity contribution in [2.75, 3.05) is 18.0 Å². The Hall–Kier alpha value is -1.58. The van der Waals surface area contributed by atoms with Crippen LogP contribution in [0.25, 0.3) is 22.2 Å². The molecular weight excluding hydrogens is 324 g/mol. The van der Waals surface area contributed by atoms with Gasteiger partial charge in [-0.1, -0.05) is 18.5 Å². The molecule has 0 unspecified atom stereocenters. The fourth-order valence-electron chi connectivity index (χ4n) is 3.25. The van der Waals surface area contributed by atoms with Gasteiger partial charge in [-0.3, -0.25) is 0 Å². The molecule has 1 aliphatic heterocycles. The molecule has 4 heteroatoms. The van der Waals surface area contributed by atoms with E-state index in [4.69, 9.17) is 16.6 Å². The molecule has 1 aliphatic rings. The summed E-state index contributed by atoms with van der Waals surface area (Å²) < 4.78 is 0. The van der Waals surface area contributed by atoms with Gasteiger partial charge in [-0.2, -0.15) is 11.3 Å². The van der Waals surface area contributed by atoms with E-state index in [2.05, 4.69) is 40.8 Å². The summed E-state index contributed by atoms with van der Waals surface area (Å²) in [6.07, 6.45) is 2.50. The summed E-state index contributed by atoms with van der Waals surface area (Å²) in [5.41, 5.74) is 4.53. The number of fused-ring (bicyclic) bond motifs is 1. The van der Waals surface area contributed by atoms with Crippen LogP contribution in [0.4, 0.5) is 5.69 Å². The van der Waals surface area contributed by atoms with Gasteiger partial charge in [-0.05, 0) is 54.5 Å². The van der Waals surface area contributed by atoms with E-state index in [0.29, 0.717) is 0 Å². The number of thiophene rings is 1. The number of aromatic nitrogens is 1. The third-order valence-electron chi connectivity index (χ3n) is 4.69. The maximum atomic E-state index is 6.25. The number of piperidine rings is 1. The number of pyridine rings is 1. The molecule has 2 nitrogen and oxygen atoms in total. The van der Waals surface area contributed by atoms with Crippen LogP contribution in [0.15, 0.2) is 41.1 Å². The fourth-order valence-corrected chi connectivity index (χ4v) is 4.07. The molecule has 0 spiro atoms. The van der Waals surface area contributed by atoms with Gasteiger partial charge in [0.25, 0.3) is 0 Å². The lowest BCUT2D eigenvalue weighted by molar-refractivity contribution is 0.439. The van der Waals surface area contributed by atoms with Crippen LogP contribution in [0.3, 0.4) is 0 Å². The topological polar surface area (TPSA) is 16.1 Å². The van der Waals surface area contributed by atoms with Crippen molar-refractivity contribution in [3.8, 4) is 11.3 Å². The highest BCUT2D eigenvalue weighted by Gasteiger charge is 2.19. The molecular formula is C19H19ClN2S. The van der Waals surface area contributed by atoms with E-state index in [1.165, 1.54) is 24.1 Å². The first-order chi connectivity index (χ1) is 11.2. The van der Waals surface area contributed by atoms with Crippen molar-refractivity contribution in [2.24, 2.45) is 5.92 Å². The molecule has 23 heavy (non-hydrogen) atoms. The van der Waals surface area contributed by atoms with Crippen LogP contribution in [0, 0.1) is 5.92 Å². The van der Waals surface area contributed by atoms with Crippen LogP contribution in [-0.2, 0) is 0 Å². The first kappa shape index (κ1) is 15.0. The molecule has 1 aromatic carbocycles. The molecule has 118 valence electrons. The lowest BCUT2D eigenvalue weighted by Gasteiger charge is -2.33. The van der Waals surface area contributed by atoms with E-state index in [-0.39, 0.29) is 0 Å². The van der Waals surface area contributed by atoms with Crippen LogP contribution in [0.2, 0.25) is 5.02 Å². The third-order valence-corrected chi connectivity index (χ3v) is 5.61. The largest absolute Gasteiger partial charge is 0.371 e. The Bertz CT molecular complexity index is 821. The predicted molar refractivity (Wildman–Crippen MR) is 101 cm³/mol. The number of hydrogen-bond acceptors (Lipinski definition) is 3. The van der Waals surface area contributed by atoms with Crippen LogP contribution >= 0.6 is 22.9 Å². The summed E-state index contributed by atoms with van der Waals surface area (Å²) in [4.78, 5) is 7.35. The second-order valence-electron chi connectivity index (χ2n) is 6.37. The Morgan fingerprint density at radius 3 is 2.74 bits per heavy atom. The van der Waals surface area contributed by atoms with Gasteiger partial charge in [0.15, 0.2) is 0 Å². The zero-order chi connectivity index (χ0) is 15.8. The number of halogens is 1. The molecule has 0 N–H and O–H groups in total. The molecule has 0 bridgehead atoms. The minimum absolute atomic E-state index is 0.772. The summed E-state index contributed by atoms with van der Waals surface area (Å²) in [6.45, 7) is 4.56. The van der Waals surface area contributed by atoms with E-state index < -0.39 is 0 Å². The van der Waals surface area contributed by atoms with Gasteiger partial charge in [-0.15, -0.1) is 0 Å². The summed E-state index contributed by atoms with van der Waals surface area (Å²) in [5.74, 6) is 0.819. The van der Waals surface area contributed by atoms with E-state index in [1.807, 2.05) is 12.1 Å². The van der Waals surface area contributed by atoms with Crippen molar-refractivity contribution in [1.82, 2.24) is 4.98 Å². The number of rotatable bonds is 2.